The van der Waals surface area contributed by atoms with Crippen molar-refractivity contribution in [2.24, 2.45) is 5.73 Å². The Hall–Kier alpha value is -1.58. The maximum atomic E-state index is 6.03. The van der Waals surface area contributed by atoms with E-state index in [1.165, 1.54) is 0 Å². The van der Waals surface area contributed by atoms with Crippen molar-refractivity contribution in [3.05, 3.63) is 58.9 Å². The summed E-state index contributed by atoms with van der Waals surface area (Å²) in [5, 5.41) is 0.689. The molecule has 2 aromatic rings. The maximum Gasteiger partial charge on any atom is 0.119 e. The highest BCUT2D eigenvalue weighted by Gasteiger charge is 2.07. The van der Waals surface area contributed by atoms with E-state index in [0.717, 1.165) is 17.0 Å². The molecule has 18 heavy (non-hydrogen) atoms. The standard InChI is InChI=1S/C14H15ClN2O/c1-10-2-3-11(8-17-10)14(16)9-18-13-6-4-12(15)5-7-13/h2-8,14H,9,16H2,1H3. The van der Waals surface area contributed by atoms with Gasteiger partial charge in [0.15, 0.2) is 0 Å². The Balaban J connectivity index is 1.93. The number of rotatable bonds is 4. The molecular weight excluding hydrogens is 248 g/mol. The van der Waals surface area contributed by atoms with Crippen molar-refractivity contribution in [1.82, 2.24) is 4.98 Å². The molecule has 3 nitrogen and oxygen atoms in total. The Morgan fingerprint density at radius 3 is 2.56 bits per heavy atom. The van der Waals surface area contributed by atoms with Crippen molar-refractivity contribution >= 4 is 11.6 Å². The molecule has 1 aromatic heterocycles. The summed E-state index contributed by atoms with van der Waals surface area (Å²) in [5.74, 6) is 0.759. The lowest BCUT2D eigenvalue weighted by molar-refractivity contribution is 0.290. The first-order chi connectivity index (χ1) is 8.65. The highest BCUT2D eigenvalue weighted by Crippen LogP contribution is 2.17. The Morgan fingerprint density at radius 2 is 1.94 bits per heavy atom. The molecule has 2 N–H and O–H groups in total. The van der Waals surface area contributed by atoms with Crippen molar-refractivity contribution in [2.75, 3.05) is 6.61 Å². The summed E-state index contributed by atoms with van der Waals surface area (Å²) in [4.78, 5) is 4.21. The zero-order chi connectivity index (χ0) is 13.0. The number of ether oxygens (including phenoxy) is 1. The van der Waals surface area contributed by atoms with Gasteiger partial charge in [0, 0.05) is 16.9 Å². The summed E-state index contributed by atoms with van der Waals surface area (Å²) in [6.45, 7) is 2.35. The molecule has 0 radical (unpaired) electrons. The summed E-state index contributed by atoms with van der Waals surface area (Å²) in [5.41, 5.74) is 7.98. The van der Waals surface area contributed by atoms with Crippen LogP contribution in [0.4, 0.5) is 0 Å². The van der Waals surface area contributed by atoms with Crippen LogP contribution in [0.5, 0.6) is 5.75 Å². The summed E-state index contributed by atoms with van der Waals surface area (Å²) in [7, 11) is 0. The van der Waals surface area contributed by atoms with E-state index in [0.29, 0.717) is 11.6 Å². The first-order valence-electron chi connectivity index (χ1n) is 5.71. The molecule has 0 saturated heterocycles. The minimum atomic E-state index is -0.186. The zero-order valence-corrected chi connectivity index (χ0v) is 10.9. The second-order valence-electron chi connectivity index (χ2n) is 4.10. The number of aryl methyl sites for hydroxylation is 1. The molecule has 4 heteroatoms. The van der Waals surface area contributed by atoms with Gasteiger partial charge in [0.25, 0.3) is 0 Å². The van der Waals surface area contributed by atoms with Gasteiger partial charge in [-0.1, -0.05) is 17.7 Å². The predicted molar refractivity (Wildman–Crippen MR) is 72.8 cm³/mol. The molecule has 94 valence electrons. The van der Waals surface area contributed by atoms with Gasteiger partial charge in [0.1, 0.15) is 12.4 Å². The number of nitrogens with two attached hydrogens (primary N) is 1. The summed E-state index contributed by atoms with van der Waals surface area (Å²) in [6, 6.07) is 10.9. The van der Waals surface area contributed by atoms with Gasteiger partial charge in [0.2, 0.25) is 0 Å². The fourth-order valence-corrected chi connectivity index (χ4v) is 1.64. The quantitative estimate of drug-likeness (QED) is 0.921. The van der Waals surface area contributed by atoms with Crippen LogP contribution in [0.1, 0.15) is 17.3 Å². The van der Waals surface area contributed by atoms with Gasteiger partial charge in [-0.05, 0) is 42.8 Å². The first-order valence-corrected chi connectivity index (χ1v) is 6.09. The predicted octanol–water partition coefficient (Wildman–Crippen LogP) is 3.12. The fourth-order valence-electron chi connectivity index (χ4n) is 1.51. The van der Waals surface area contributed by atoms with Crippen molar-refractivity contribution in [3.63, 3.8) is 0 Å². The molecule has 2 rings (SSSR count). The van der Waals surface area contributed by atoms with Gasteiger partial charge in [-0.15, -0.1) is 0 Å². The van der Waals surface area contributed by atoms with Crippen LogP contribution in [0, 0.1) is 6.92 Å². The number of halogens is 1. The second kappa shape index (κ2) is 5.85. The van der Waals surface area contributed by atoms with E-state index in [9.17, 15) is 0 Å². The third-order valence-electron chi connectivity index (χ3n) is 2.61. The van der Waals surface area contributed by atoms with Crippen LogP contribution in [-0.2, 0) is 0 Å². The van der Waals surface area contributed by atoms with Crippen LogP contribution in [0.15, 0.2) is 42.6 Å². The Kier molecular flexibility index (Phi) is 4.18. The summed E-state index contributed by atoms with van der Waals surface area (Å²) in [6.07, 6.45) is 1.78. The molecule has 0 saturated carbocycles. The molecule has 0 amide bonds. The van der Waals surface area contributed by atoms with E-state index in [2.05, 4.69) is 4.98 Å². The highest BCUT2D eigenvalue weighted by molar-refractivity contribution is 6.30. The Labute approximate surface area is 112 Å². The average Bonchev–Trinajstić information content (AvgIpc) is 2.38. The fraction of sp³-hybridized carbons (Fsp3) is 0.214. The van der Waals surface area contributed by atoms with Crippen molar-refractivity contribution in [3.8, 4) is 5.75 Å². The monoisotopic (exact) mass is 262 g/mol. The van der Waals surface area contributed by atoms with Gasteiger partial charge in [-0.25, -0.2) is 0 Å². The molecule has 0 aliphatic carbocycles. The molecule has 0 fully saturated rings. The summed E-state index contributed by atoms with van der Waals surface area (Å²) < 4.78 is 5.60. The number of nitrogens with zero attached hydrogens (tertiary/aromatic N) is 1. The first kappa shape index (κ1) is 12.9. The number of hydrogen-bond acceptors (Lipinski definition) is 3. The van der Waals surface area contributed by atoms with Crippen LogP contribution in [0.25, 0.3) is 0 Å². The van der Waals surface area contributed by atoms with E-state index < -0.39 is 0 Å². The van der Waals surface area contributed by atoms with E-state index >= 15 is 0 Å². The normalized spacial score (nSPS) is 12.2. The smallest absolute Gasteiger partial charge is 0.119 e. The third kappa shape index (κ3) is 3.45. The minimum absolute atomic E-state index is 0.186. The van der Waals surface area contributed by atoms with Gasteiger partial charge < -0.3 is 10.5 Å². The number of hydrogen-bond donors (Lipinski definition) is 1. The van der Waals surface area contributed by atoms with E-state index in [1.54, 1.807) is 18.3 Å². The maximum absolute atomic E-state index is 6.03. The lowest BCUT2D eigenvalue weighted by Gasteiger charge is -2.13. The molecule has 1 aromatic carbocycles. The average molecular weight is 263 g/mol. The van der Waals surface area contributed by atoms with Crippen molar-refractivity contribution < 1.29 is 4.74 Å². The van der Waals surface area contributed by atoms with E-state index in [4.69, 9.17) is 22.1 Å². The third-order valence-corrected chi connectivity index (χ3v) is 2.86. The lowest BCUT2D eigenvalue weighted by atomic mass is 10.1. The van der Waals surface area contributed by atoms with Crippen molar-refractivity contribution in [2.45, 2.75) is 13.0 Å². The molecule has 0 spiro atoms. The van der Waals surface area contributed by atoms with Gasteiger partial charge in [0.05, 0.1) is 6.04 Å². The molecule has 1 unspecified atom stereocenters. The molecular formula is C14H15ClN2O. The highest BCUT2D eigenvalue weighted by atomic mass is 35.5. The molecule has 1 heterocycles. The Bertz CT molecular complexity index is 496. The second-order valence-corrected chi connectivity index (χ2v) is 4.54. The van der Waals surface area contributed by atoms with Gasteiger partial charge in [-0.2, -0.15) is 0 Å². The van der Waals surface area contributed by atoms with E-state index in [1.807, 2.05) is 31.2 Å². The number of benzene rings is 1. The van der Waals surface area contributed by atoms with E-state index in [-0.39, 0.29) is 6.04 Å². The largest absolute Gasteiger partial charge is 0.492 e. The SMILES string of the molecule is Cc1ccc(C(N)COc2ccc(Cl)cc2)cn1. The van der Waals surface area contributed by atoms with Gasteiger partial charge in [-0.3, -0.25) is 4.98 Å². The van der Waals surface area contributed by atoms with Crippen molar-refractivity contribution in [1.29, 1.82) is 0 Å². The Morgan fingerprint density at radius 1 is 1.22 bits per heavy atom. The molecule has 0 aliphatic heterocycles. The topological polar surface area (TPSA) is 48.1 Å². The zero-order valence-electron chi connectivity index (χ0n) is 10.1. The minimum Gasteiger partial charge on any atom is -0.492 e. The molecule has 0 bridgehead atoms. The number of pyridine rings is 1. The molecule has 1 atom stereocenters. The van der Waals surface area contributed by atoms with Crippen LogP contribution < -0.4 is 10.5 Å². The molecule has 0 aliphatic rings. The van der Waals surface area contributed by atoms with Crippen LogP contribution >= 0.6 is 11.6 Å². The van der Waals surface area contributed by atoms with Crippen LogP contribution in [0.2, 0.25) is 5.02 Å². The number of aromatic nitrogens is 1. The lowest BCUT2D eigenvalue weighted by Crippen LogP contribution is -2.19. The summed E-state index contributed by atoms with van der Waals surface area (Å²) >= 11 is 5.80. The van der Waals surface area contributed by atoms with Crippen LogP contribution in [0.3, 0.4) is 0 Å². The van der Waals surface area contributed by atoms with Gasteiger partial charge >= 0.3 is 0 Å². The van der Waals surface area contributed by atoms with Crippen LogP contribution in [-0.4, -0.2) is 11.6 Å².